The zero-order valence-electron chi connectivity index (χ0n) is 16.3. The predicted octanol–water partition coefficient (Wildman–Crippen LogP) is 3.02. The Morgan fingerprint density at radius 2 is 2.00 bits per heavy atom. The second-order valence-electron chi connectivity index (χ2n) is 7.15. The zero-order chi connectivity index (χ0) is 18.8. The van der Waals surface area contributed by atoms with Gasteiger partial charge < -0.3 is 16.0 Å². The van der Waals surface area contributed by atoms with Crippen molar-refractivity contribution in [3.8, 4) is 0 Å². The summed E-state index contributed by atoms with van der Waals surface area (Å²) in [5.41, 5.74) is 1.13. The van der Waals surface area contributed by atoms with E-state index in [2.05, 4.69) is 45.2 Å². The first-order valence-corrected chi connectivity index (χ1v) is 10.7. The van der Waals surface area contributed by atoms with Gasteiger partial charge in [0.1, 0.15) is 5.01 Å². The van der Waals surface area contributed by atoms with Gasteiger partial charge in [-0.25, -0.2) is 9.98 Å². The first kappa shape index (κ1) is 20.7. The Morgan fingerprint density at radius 1 is 1.27 bits per heavy atom. The van der Waals surface area contributed by atoms with Crippen molar-refractivity contribution >= 4 is 23.2 Å². The molecule has 0 aromatic carbocycles. The summed E-state index contributed by atoms with van der Waals surface area (Å²) in [5, 5.41) is 12.6. The van der Waals surface area contributed by atoms with Crippen LogP contribution < -0.4 is 16.0 Å². The number of carbonyl (C=O) groups is 1. The molecule has 6 nitrogen and oxygen atoms in total. The molecule has 1 amide bonds. The van der Waals surface area contributed by atoms with Crippen molar-refractivity contribution in [2.75, 3.05) is 19.6 Å². The number of amides is 1. The highest BCUT2D eigenvalue weighted by Gasteiger charge is 2.17. The number of rotatable bonds is 9. The molecule has 1 aromatic heterocycles. The van der Waals surface area contributed by atoms with Crippen molar-refractivity contribution in [1.82, 2.24) is 20.9 Å². The zero-order valence-corrected chi connectivity index (χ0v) is 17.1. The molecule has 1 heterocycles. The summed E-state index contributed by atoms with van der Waals surface area (Å²) >= 11 is 1.65. The summed E-state index contributed by atoms with van der Waals surface area (Å²) in [7, 11) is 0. The molecule has 0 unspecified atom stereocenters. The molecule has 26 heavy (non-hydrogen) atoms. The second kappa shape index (κ2) is 11.2. The van der Waals surface area contributed by atoms with Gasteiger partial charge in [0.25, 0.3) is 0 Å². The van der Waals surface area contributed by atoms with Crippen LogP contribution in [0.15, 0.2) is 10.4 Å². The van der Waals surface area contributed by atoms with Gasteiger partial charge in [0, 0.05) is 31.4 Å². The normalized spacial score (nSPS) is 15.5. The van der Waals surface area contributed by atoms with E-state index in [9.17, 15) is 4.79 Å². The van der Waals surface area contributed by atoms with Crippen molar-refractivity contribution < 1.29 is 4.79 Å². The number of guanidine groups is 1. The van der Waals surface area contributed by atoms with Crippen LogP contribution in [0.3, 0.4) is 0 Å². The number of hydrogen-bond donors (Lipinski definition) is 3. The smallest absolute Gasteiger partial charge is 0.220 e. The Kier molecular flexibility index (Phi) is 8.88. The molecule has 0 bridgehead atoms. The molecule has 146 valence electrons. The predicted molar refractivity (Wildman–Crippen MR) is 109 cm³/mol. The summed E-state index contributed by atoms with van der Waals surface area (Å²) < 4.78 is 0. The number of carbonyl (C=O) groups excluding carboxylic acids is 1. The van der Waals surface area contributed by atoms with Gasteiger partial charge in [-0.3, -0.25) is 4.79 Å². The summed E-state index contributed by atoms with van der Waals surface area (Å²) in [5.74, 6) is 1.97. The fraction of sp³-hybridized carbons (Fsp3) is 0.737. The van der Waals surface area contributed by atoms with Gasteiger partial charge in [-0.15, -0.1) is 11.3 Å². The van der Waals surface area contributed by atoms with E-state index >= 15 is 0 Å². The molecule has 1 aromatic rings. The molecule has 1 saturated carbocycles. The van der Waals surface area contributed by atoms with E-state index in [1.165, 1.54) is 25.7 Å². The molecule has 1 aliphatic rings. The van der Waals surface area contributed by atoms with E-state index in [0.29, 0.717) is 37.9 Å². The minimum Gasteiger partial charge on any atom is -0.357 e. The SMILES string of the molecule is CCNC(=NCc1nc(C(C)C)cs1)NCCNC(=O)CC1CCCC1. The summed E-state index contributed by atoms with van der Waals surface area (Å²) in [4.78, 5) is 21.1. The van der Waals surface area contributed by atoms with Crippen LogP contribution in [-0.2, 0) is 11.3 Å². The van der Waals surface area contributed by atoms with E-state index in [4.69, 9.17) is 0 Å². The third-order valence-electron chi connectivity index (χ3n) is 4.57. The molecule has 7 heteroatoms. The maximum Gasteiger partial charge on any atom is 0.220 e. The fourth-order valence-electron chi connectivity index (χ4n) is 3.08. The van der Waals surface area contributed by atoms with Crippen LogP contribution in [-0.4, -0.2) is 36.5 Å². The quantitative estimate of drug-likeness (QED) is 0.350. The van der Waals surface area contributed by atoms with Gasteiger partial charge >= 0.3 is 0 Å². The molecule has 0 atom stereocenters. The van der Waals surface area contributed by atoms with Crippen LogP contribution in [0.1, 0.15) is 69.5 Å². The largest absolute Gasteiger partial charge is 0.357 e. The lowest BCUT2D eigenvalue weighted by Crippen LogP contribution is -2.41. The highest BCUT2D eigenvalue weighted by Crippen LogP contribution is 2.27. The first-order chi connectivity index (χ1) is 12.6. The third kappa shape index (κ3) is 7.32. The summed E-state index contributed by atoms with van der Waals surface area (Å²) in [6.45, 7) is 8.99. The molecule has 0 aliphatic heterocycles. The Morgan fingerprint density at radius 3 is 2.65 bits per heavy atom. The monoisotopic (exact) mass is 379 g/mol. The van der Waals surface area contributed by atoms with Gasteiger partial charge in [0.05, 0.1) is 12.2 Å². The van der Waals surface area contributed by atoms with Crippen molar-refractivity contribution in [3.63, 3.8) is 0 Å². The molecule has 0 spiro atoms. The number of aliphatic imine (C=N–C) groups is 1. The highest BCUT2D eigenvalue weighted by molar-refractivity contribution is 7.09. The van der Waals surface area contributed by atoms with E-state index in [1.54, 1.807) is 11.3 Å². The highest BCUT2D eigenvalue weighted by atomic mass is 32.1. The van der Waals surface area contributed by atoms with E-state index in [-0.39, 0.29) is 5.91 Å². The lowest BCUT2D eigenvalue weighted by atomic mass is 10.0. The molecular formula is C19H33N5OS. The van der Waals surface area contributed by atoms with E-state index in [0.717, 1.165) is 23.2 Å². The number of nitrogens with one attached hydrogen (secondary N) is 3. The molecule has 0 radical (unpaired) electrons. The maximum atomic E-state index is 11.9. The number of hydrogen-bond acceptors (Lipinski definition) is 4. The van der Waals surface area contributed by atoms with Gasteiger partial charge in [-0.2, -0.15) is 0 Å². The van der Waals surface area contributed by atoms with Crippen molar-refractivity contribution in [1.29, 1.82) is 0 Å². The standard InChI is InChI=1S/C19H33N5OS/c1-4-20-19(23-12-18-24-16(13-26-18)14(2)3)22-10-9-21-17(25)11-15-7-5-6-8-15/h13-15H,4-12H2,1-3H3,(H,21,25)(H2,20,22,23). The first-order valence-electron chi connectivity index (χ1n) is 9.81. The van der Waals surface area contributed by atoms with Crippen LogP contribution in [0, 0.1) is 5.92 Å². The van der Waals surface area contributed by atoms with Crippen LogP contribution in [0.25, 0.3) is 0 Å². The third-order valence-corrected chi connectivity index (χ3v) is 5.42. The minimum absolute atomic E-state index is 0.171. The molecular weight excluding hydrogens is 346 g/mol. The van der Waals surface area contributed by atoms with Crippen LogP contribution in [0.2, 0.25) is 0 Å². The average Bonchev–Trinajstić information content (AvgIpc) is 3.28. The number of thiazole rings is 1. The maximum absolute atomic E-state index is 11.9. The fourth-order valence-corrected chi connectivity index (χ4v) is 3.96. The van der Waals surface area contributed by atoms with Crippen molar-refractivity contribution in [2.45, 2.75) is 65.3 Å². The Labute approximate surface area is 161 Å². The van der Waals surface area contributed by atoms with Gasteiger partial charge in [-0.1, -0.05) is 26.7 Å². The molecule has 3 N–H and O–H groups in total. The van der Waals surface area contributed by atoms with Gasteiger partial charge in [0.2, 0.25) is 5.91 Å². The average molecular weight is 380 g/mol. The molecule has 1 fully saturated rings. The van der Waals surface area contributed by atoms with Crippen molar-refractivity contribution in [3.05, 3.63) is 16.1 Å². The van der Waals surface area contributed by atoms with Crippen LogP contribution >= 0.6 is 11.3 Å². The molecule has 0 saturated heterocycles. The molecule has 2 rings (SSSR count). The number of nitrogens with zero attached hydrogens (tertiary/aromatic N) is 2. The van der Waals surface area contributed by atoms with E-state index in [1.807, 2.05) is 6.92 Å². The summed E-state index contributed by atoms with van der Waals surface area (Å²) in [6.07, 6.45) is 5.65. The Balaban J connectivity index is 1.69. The lowest BCUT2D eigenvalue weighted by Gasteiger charge is -2.12. The molecule has 1 aliphatic carbocycles. The van der Waals surface area contributed by atoms with Crippen LogP contribution in [0.5, 0.6) is 0 Å². The Hall–Kier alpha value is -1.63. The van der Waals surface area contributed by atoms with Gasteiger partial charge in [0.15, 0.2) is 5.96 Å². The Bertz CT molecular complexity index is 578. The topological polar surface area (TPSA) is 78.4 Å². The van der Waals surface area contributed by atoms with E-state index < -0.39 is 0 Å². The van der Waals surface area contributed by atoms with Crippen molar-refractivity contribution in [2.24, 2.45) is 10.9 Å². The van der Waals surface area contributed by atoms with Gasteiger partial charge in [-0.05, 0) is 31.6 Å². The van der Waals surface area contributed by atoms with Crippen LogP contribution in [0.4, 0.5) is 0 Å². The number of aromatic nitrogens is 1. The minimum atomic E-state index is 0.171. The lowest BCUT2D eigenvalue weighted by molar-refractivity contribution is -0.121. The second-order valence-corrected chi connectivity index (χ2v) is 8.09. The summed E-state index contributed by atoms with van der Waals surface area (Å²) in [6, 6.07) is 0.